The van der Waals surface area contributed by atoms with E-state index in [1.165, 1.54) is 24.5 Å². The van der Waals surface area contributed by atoms with Crippen LogP contribution in [0.2, 0.25) is 10.0 Å². The van der Waals surface area contributed by atoms with E-state index in [1.54, 1.807) is 24.3 Å². The molecule has 6 heteroatoms. The summed E-state index contributed by atoms with van der Waals surface area (Å²) in [6, 6.07) is 10.5. The van der Waals surface area contributed by atoms with E-state index in [0.717, 1.165) is 19.3 Å². The van der Waals surface area contributed by atoms with Gasteiger partial charge < -0.3 is 10.1 Å². The minimum atomic E-state index is -0.981. The van der Waals surface area contributed by atoms with Crippen molar-refractivity contribution >= 4 is 40.8 Å². The van der Waals surface area contributed by atoms with Gasteiger partial charge in [0, 0.05) is 0 Å². The summed E-state index contributed by atoms with van der Waals surface area (Å²) in [7, 11) is 0. The number of ether oxygens (including phenoxy) is 1. The number of anilines is 1. The quantitative estimate of drug-likeness (QED) is 0.741. The summed E-state index contributed by atoms with van der Waals surface area (Å²) in [5.41, 5.74) is 3.23. The minimum absolute atomic E-state index is 0.303. The molecular weight excluding hydrogens is 373 g/mol. The first-order valence-corrected chi connectivity index (χ1v) is 9.29. The lowest BCUT2D eigenvalue weighted by atomic mass is 9.90. The lowest BCUT2D eigenvalue weighted by Gasteiger charge is -2.18. The predicted octanol–water partition coefficient (Wildman–Crippen LogP) is 5.06. The number of carbonyl (C=O) groups excluding carboxylic acids is 2. The molecule has 0 saturated carbocycles. The van der Waals surface area contributed by atoms with E-state index in [1.807, 2.05) is 12.1 Å². The number of para-hydroxylation sites is 1. The molecular formula is C20H19Cl2NO3. The summed E-state index contributed by atoms with van der Waals surface area (Å²) in [6.45, 7) is 1.51. The summed E-state index contributed by atoms with van der Waals surface area (Å²) in [5, 5.41) is 3.24. The second kappa shape index (κ2) is 8.11. The lowest BCUT2D eigenvalue weighted by molar-refractivity contribution is -0.123. The fraction of sp³-hybridized carbons (Fsp3) is 0.300. The van der Waals surface area contributed by atoms with Crippen molar-refractivity contribution in [1.29, 1.82) is 0 Å². The van der Waals surface area contributed by atoms with Crippen molar-refractivity contribution in [3.05, 3.63) is 63.1 Å². The maximum absolute atomic E-state index is 12.4. The molecule has 1 aliphatic carbocycles. The standard InChI is InChI=1S/C20H19Cl2NO3/c1-12(19(24)23-18-16(21)7-4-8-17(18)22)26-20(25)15-10-9-13-5-2-3-6-14(13)11-15/h4,7-12H,2-3,5-6H2,1H3,(H,23,24)/t12-/m0/s1. The molecule has 4 nitrogen and oxygen atoms in total. The Bertz CT molecular complexity index is 831. The molecule has 0 bridgehead atoms. The molecule has 0 fully saturated rings. The van der Waals surface area contributed by atoms with Gasteiger partial charge in [-0.2, -0.15) is 0 Å². The van der Waals surface area contributed by atoms with E-state index < -0.39 is 18.0 Å². The highest BCUT2D eigenvalue weighted by atomic mass is 35.5. The van der Waals surface area contributed by atoms with Crippen LogP contribution in [0.4, 0.5) is 5.69 Å². The van der Waals surface area contributed by atoms with Gasteiger partial charge in [-0.25, -0.2) is 4.79 Å². The van der Waals surface area contributed by atoms with Gasteiger partial charge in [0.05, 0.1) is 21.3 Å². The van der Waals surface area contributed by atoms with Crippen molar-refractivity contribution in [3.63, 3.8) is 0 Å². The van der Waals surface area contributed by atoms with Crippen LogP contribution in [0.1, 0.15) is 41.3 Å². The molecule has 0 aromatic heterocycles. The van der Waals surface area contributed by atoms with Crippen LogP contribution in [0.15, 0.2) is 36.4 Å². The molecule has 1 aliphatic rings. The molecule has 1 atom stereocenters. The summed E-state index contributed by atoms with van der Waals surface area (Å²) in [5.74, 6) is -1.02. The number of fused-ring (bicyclic) bond motifs is 1. The highest BCUT2D eigenvalue weighted by Gasteiger charge is 2.21. The van der Waals surface area contributed by atoms with Gasteiger partial charge in [0.25, 0.3) is 5.91 Å². The number of halogens is 2. The Hall–Kier alpha value is -2.04. The van der Waals surface area contributed by atoms with Crippen LogP contribution < -0.4 is 5.32 Å². The smallest absolute Gasteiger partial charge is 0.338 e. The fourth-order valence-corrected chi connectivity index (χ4v) is 3.48. The summed E-state index contributed by atoms with van der Waals surface area (Å²) in [4.78, 5) is 24.7. The number of esters is 1. The van der Waals surface area contributed by atoms with Crippen molar-refractivity contribution < 1.29 is 14.3 Å². The van der Waals surface area contributed by atoms with Crippen molar-refractivity contribution in [1.82, 2.24) is 0 Å². The Morgan fingerprint density at radius 1 is 1.04 bits per heavy atom. The van der Waals surface area contributed by atoms with E-state index in [4.69, 9.17) is 27.9 Å². The minimum Gasteiger partial charge on any atom is -0.449 e. The van der Waals surface area contributed by atoms with Crippen molar-refractivity contribution in [2.75, 3.05) is 5.32 Å². The van der Waals surface area contributed by atoms with Crippen LogP contribution >= 0.6 is 23.2 Å². The van der Waals surface area contributed by atoms with Crippen molar-refractivity contribution in [2.45, 2.75) is 38.7 Å². The number of amides is 1. The fourth-order valence-electron chi connectivity index (χ4n) is 2.98. The maximum Gasteiger partial charge on any atom is 0.338 e. The van der Waals surface area contributed by atoms with Crippen LogP contribution in [0.25, 0.3) is 0 Å². The zero-order chi connectivity index (χ0) is 18.7. The lowest BCUT2D eigenvalue weighted by Crippen LogP contribution is -2.30. The van der Waals surface area contributed by atoms with Crippen molar-refractivity contribution in [2.24, 2.45) is 0 Å². The number of carbonyl (C=O) groups is 2. The van der Waals surface area contributed by atoms with Gasteiger partial charge in [0.1, 0.15) is 0 Å². The van der Waals surface area contributed by atoms with E-state index in [-0.39, 0.29) is 0 Å². The summed E-state index contributed by atoms with van der Waals surface area (Å²) in [6.07, 6.45) is 3.34. The summed E-state index contributed by atoms with van der Waals surface area (Å²) < 4.78 is 5.30. The zero-order valence-electron chi connectivity index (χ0n) is 14.4. The highest BCUT2D eigenvalue weighted by Crippen LogP contribution is 2.30. The van der Waals surface area contributed by atoms with E-state index in [2.05, 4.69) is 5.32 Å². The number of hydrogen-bond donors (Lipinski definition) is 1. The third kappa shape index (κ3) is 4.19. The first-order valence-electron chi connectivity index (χ1n) is 8.53. The molecule has 0 heterocycles. The first-order chi connectivity index (χ1) is 12.5. The van der Waals surface area contributed by atoms with Gasteiger partial charge in [0.2, 0.25) is 0 Å². The largest absolute Gasteiger partial charge is 0.449 e. The molecule has 0 saturated heterocycles. The molecule has 0 radical (unpaired) electrons. The molecule has 0 aliphatic heterocycles. The van der Waals surface area contributed by atoms with Gasteiger partial charge in [-0.3, -0.25) is 4.79 Å². The van der Waals surface area contributed by atoms with Crippen LogP contribution in [0.3, 0.4) is 0 Å². The monoisotopic (exact) mass is 391 g/mol. The van der Waals surface area contributed by atoms with E-state index in [0.29, 0.717) is 21.3 Å². The van der Waals surface area contributed by atoms with Crippen molar-refractivity contribution in [3.8, 4) is 0 Å². The Morgan fingerprint density at radius 2 is 1.69 bits per heavy atom. The molecule has 26 heavy (non-hydrogen) atoms. The molecule has 0 spiro atoms. The Labute approximate surface area is 162 Å². The molecule has 2 aromatic rings. The Kier molecular flexibility index (Phi) is 5.84. The molecule has 136 valence electrons. The van der Waals surface area contributed by atoms with Gasteiger partial charge in [-0.1, -0.05) is 35.3 Å². The molecule has 1 amide bonds. The van der Waals surface area contributed by atoms with Gasteiger partial charge in [-0.15, -0.1) is 0 Å². The Balaban J connectivity index is 1.66. The zero-order valence-corrected chi connectivity index (χ0v) is 15.9. The SMILES string of the molecule is C[C@H](OC(=O)c1ccc2c(c1)CCCC2)C(=O)Nc1c(Cl)cccc1Cl. The van der Waals surface area contributed by atoms with E-state index >= 15 is 0 Å². The third-order valence-corrected chi connectivity index (χ3v) is 5.08. The van der Waals surface area contributed by atoms with Crippen LogP contribution in [0.5, 0.6) is 0 Å². The van der Waals surface area contributed by atoms with Gasteiger partial charge in [-0.05, 0) is 68.0 Å². The molecule has 3 rings (SSSR count). The summed E-state index contributed by atoms with van der Waals surface area (Å²) >= 11 is 12.1. The number of benzene rings is 2. The van der Waals surface area contributed by atoms with Crippen LogP contribution in [-0.4, -0.2) is 18.0 Å². The Morgan fingerprint density at radius 3 is 2.38 bits per heavy atom. The first kappa shape index (κ1) is 18.7. The average Bonchev–Trinajstić information content (AvgIpc) is 2.64. The highest BCUT2D eigenvalue weighted by molar-refractivity contribution is 6.39. The van der Waals surface area contributed by atoms with E-state index in [9.17, 15) is 9.59 Å². The third-order valence-electron chi connectivity index (χ3n) is 4.45. The second-order valence-electron chi connectivity index (χ2n) is 6.32. The topological polar surface area (TPSA) is 55.4 Å². The molecule has 0 unspecified atom stereocenters. The van der Waals surface area contributed by atoms with Crippen LogP contribution in [-0.2, 0) is 22.4 Å². The second-order valence-corrected chi connectivity index (χ2v) is 7.14. The predicted molar refractivity (Wildman–Crippen MR) is 103 cm³/mol. The normalized spacial score (nSPS) is 14.3. The van der Waals surface area contributed by atoms with Gasteiger partial charge >= 0.3 is 5.97 Å². The van der Waals surface area contributed by atoms with Crippen LogP contribution in [0, 0.1) is 0 Å². The molecule has 2 aromatic carbocycles. The average molecular weight is 392 g/mol. The van der Waals surface area contributed by atoms with Gasteiger partial charge in [0.15, 0.2) is 6.10 Å². The number of hydrogen-bond acceptors (Lipinski definition) is 3. The number of nitrogens with one attached hydrogen (secondary N) is 1. The number of aryl methyl sites for hydroxylation is 2. The molecule has 1 N–H and O–H groups in total. The maximum atomic E-state index is 12.4. The number of rotatable bonds is 4.